The average Bonchev–Trinajstić information content (AvgIpc) is 2.43. The lowest BCUT2D eigenvalue weighted by molar-refractivity contribution is 0.350. The molecule has 1 heterocycles. The molecule has 2 aromatic rings. The first-order chi connectivity index (χ1) is 9.60. The second-order valence-electron chi connectivity index (χ2n) is 4.23. The molecular formula is C15H13FN2O2. The van der Waals surface area contributed by atoms with Crippen molar-refractivity contribution in [2.45, 2.75) is 13.5 Å². The fourth-order valence-corrected chi connectivity index (χ4v) is 1.76. The van der Waals surface area contributed by atoms with Gasteiger partial charge in [-0.25, -0.2) is 9.07 Å². The Morgan fingerprint density at radius 2 is 2.15 bits per heavy atom. The van der Waals surface area contributed by atoms with Gasteiger partial charge in [0.05, 0.1) is 12.2 Å². The van der Waals surface area contributed by atoms with E-state index in [1.54, 1.807) is 19.1 Å². The van der Waals surface area contributed by atoms with Crippen LogP contribution in [-0.4, -0.2) is 21.5 Å². The molecule has 1 aromatic heterocycles. The molecule has 0 fully saturated rings. The largest absolute Gasteiger partial charge is 0.384 e. The predicted molar refractivity (Wildman–Crippen MR) is 72.7 cm³/mol. The van der Waals surface area contributed by atoms with E-state index < -0.39 is 5.82 Å². The molecule has 0 aliphatic carbocycles. The number of benzene rings is 1. The lowest BCUT2D eigenvalue weighted by Crippen LogP contribution is -2.23. The number of aryl methyl sites for hydroxylation is 1. The quantitative estimate of drug-likeness (QED) is 0.832. The zero-order chi connectivity index (χ0) is 14.5. The molecule has 0 spiro atoms. The first kappa shape index (κ1) is 14.0. The highest BCUT2D eigenvalue weighted by molar-refractivity contribution is 5.41. The summed E-state index contributed by atoms with van der Waals surface area (Å²) in [6.07, 6.45) is 0. The summed E-state index contributed by atoms with van der Waals surface area (Å²) in [6.45, 7) is 1.68. The van der Waals surface area contributed by atoms with Crippen molar-refractivity contribution in [1.82, 2.24) is 9.78 Å². The summed E-state index contributed by atoms with van der Waals surface area (Å²) in [5.41, 5.74) is 1.59. The van der Waals surface area contributed by atoms with Crippen molar-refractivity contribution >= 4 is 0 Å². The van der Waals surface area contributed by atoms with Crippen LogP contribution in [0.15, 0.2) is 35.1 Å². The summed E-state index contributed by atoms with van der Waals surface area (Å²) in [4.78, 5) is 11.7. The molecular weight excluding hydrogens is 259 g/mol. The SMILES string of the molecule is Cc1ccc(=O)n(Cc2ccc(F)cc2C#CCO)n1. The number of aliphatic hydroxyl groups is 1. The Labute approximate surface area is 115 Å². The summed E-state index contributed by atoms with van der Waals surface area (Å²) in [6, 6.07) is 7.22. The minimum Gasteiger partial charge on any atom is -0.384 e. The number of aromatic nitrogens is 2. The maximum Gasteiger partial charge on any atom is 0.267 e. The fraction of sp³-hybridized carbons (Fsp3) is 0.200. The predicted octanol–water partition coefficient (Wildman–Crippen LogP) is 1.08. The minimum atomic E-state index is -0.416. The van der Waals surface area contributed by atoms with Gasteiger partial charge in [-0.3, -0.25) is 4.79 Å². The topological polar surface area (TPSA) is 55.1 Å². The Balaban J connectivity index is 2.43. The normalized spacial score (nSPS) is 9.95. The Bertz CT molecular complexity index is 742. The van der Waals surface area contributed by atoms with Crippen molar-refractivity contribution in [3.05, 3.63) is 63.3 Å². The number of rotatable bonds is 2. The molecule has 20 heavy (non-hydrogen) atoms. The van der Waals surface area contributed by atoms with E-state index in [1.165, 1.54) is 22.9 Å². The number of halogens is 1. The molecule has 5 heteroatoms. The molecule has 2 rings (SSSR count). The molecule has 1 N–H and O–H groups in total. The third-order valence-corrected chi connectivity index (χ3v) is 2.69. The molecule has 0 unspecified atom stereocenters. The van der Waals surface area contributed by atoms with Gasteiger partial charge in [0.2, 0.25) is 0 Å². The zero-order valence-corrected chi connectivity index (χ0v) is 10.9. The van der Waals surface area contributed by atoms with Crippen LogP contribution >= 0.6 is 0 Å². The first-order valence-electron chi connectivity index (χ1n) is 6.03. The second-order valence-corrected chi connectivity index (χ2v) is 4.23. The van der Waals surface area contributed by atoms with Crippen LogP contribution in [0.4, 0.5) is 4.39 Å². The average molecular weight is 272 g/mol. The van der Waals surface area contributed by atoms with E-state index in [9.17, 15) is 9.18 Å². The van der Waals surface area contributed by atoms with Crippen LogP contribution in [0.3, 0.4) is 0 Å². The Morgan fingerprint density at radius 3 is 2.90 bits per heavy atom. The van der Waals surface area contributed by atoms with Crippen molar-refractivity contribution in [3.63, 3.8) is 0 Å². The van der Waals surface area contributed by atoms with Crippen LogP contribution in [0.1, 0.15) is 16.8 Å². The molecule has 0 bridgehead atoms. The number of nitrogens with zero attached hydrogens (tertiary/aromatic N) is 2. The van der Waals surface area contributed by atoms with E-state index in [2.05, 4.69) is 16.9 Å². The molecule has 0 aliphatic heterocycles. The van der Waals surface area contributed by atoms with Gasteiger partial charge in [0.15, 0.2) is 0 Å². The highest BCUT2D eigenvalue weighted by atomic mass is 19.1. The van der Waals surface area contributed by atoms with E-state index in [0.717, 1.165) is 5.69 Å². The number of hydrogen-bond donors (Lipinski definition) is 1. The van der Waals surface area contributed by atoms with Crippen molar-refractivity contribution in [3.8, 4) is 11.8 Å². The first-order valence-corrected chi connectivity index (χ1v) is 6.03. The van der Waals surface area contributed by atoms with E-state index in [-0.39, 0.29) is 18.7 Å². The minimum absolute atomic E-state index is 0.205. The highest BCUT2D eigenvalue weighted by Gasteiger charge is 2.05. The van der Waals surface area contributed by atoms with Crippen LogP contribution in [0.25, 0.3) is 0 Å². The van der Waals surface area contributed by atoms with Gasteiger partial charge in [-0.1, -0.05) is 17.9 Å². The van der Waals surface area contributed by atoms with Crippen LogP contribution in [-0.2, 0) is 6.54 Å². The van der Waals surface area contributed by atoms with Gasteiger partial charge in [-0.15, -0.1) is 0 Å². The Morgan fingerprint density at radius 1 is 1.35 bits per heavy atom. The molecule has 0 radical (unpaired) electrons. The maximum atomic E-state index is 13.2. The molecule has 1 aromatic carbocycles. The lowest BCUT2D eigenvalue weighted by Gasteiger charge is -2.07. The molecule has 102 valence electrons. The third-order valence-electron chi connectivity index (χ3n) is 2.69. The van der Waals surface area contributed by atoms with Gasteiger partial charge < -0.3 is 5.11 Å². The lowest BCUT2D eigenvalue weighted by atomic mass is 10.1. The zero-order valence-electron chi connectivity index (χ0n) is 10.9. The van der Waals surface area contributed by atoms with Gasteiger partial charge >= 0.3 is 0 Å². The van der Waals surface area contributed by atoms with E-state index in [4.69, 9.17) is 5.11 Å². The monoisotopic (exact) mass is 272 g/mol. The van der Waals surface area contributed by atoms with Crippen molar-refractivity contribution in [2.75, 3.05) is 6.61 Å². The molecule has 4 nitrogen and oxygen atoms in total. The standard InChI is InChI=1S/C15H13FN2O2/c1-11-4-7-15(20)18(17-11)10-13-5-6-14(16)9-12(13)3-2-8-19/h4-7,9,19H,8,10H2,1H3. The molecule has 0 saturated heterocycles. The van der Waals surface area contributed by atoms with E-state index in [0.29, 0.717) is 11.1 Å². The van der Waals surface area contributed by atoms with Gasteiger partial charge in [-0.05, 0) is 30.7 Å². The van der Waals surface area contributed by atoms with Gasteiger partial charge in [0.25, 0.3) is 5.56 Å². The van der Waals surface area contributed by atoms with Crippen molar-refractivity contribution < 1.29 is 9.50 Å². The highest BCUT2D eigenvalue weighted by Crippen LogP contribution is 2.11. The smallest absolute Gasteiger partial charge is 0.267 e. The molecule has 0 atom stereocenters. The van der Waals surface area contributed by atoms with E-state index >= 15 is 0 Å². The molecule has 0 aliphatic rings. The second kappa shape index (κ2) is 6.13. The number of aliphatic hydroxyl groups excluding tert-OH is 1. The van der Waals surface area contributed by atoms with Crippen LogP contribution in [0, 0.1) is 24.6 Å². The van der Waals surface area contributed by atoms with Crippen LogP contribution in [0.5, 0.6) is 0 Å². The van der Waals surface area contributed by atoms with Gasteiger partial charge in [-0.2, -0.15) is 5.10 Å². The van der Waals surface area contributed by atoms with Gasteiger partial charge in [0.1, 0.15) is 12.4 Å². The summed E-state index contributed by atoms with van der Waals surface area (Å²) in [7, 11) is 0. The number of hydrogen-bond acceptors (Lipinski definition) is 3. The summed E-state index contributed by atoms with van der Waals surface area (Å²) in [5.74, 6) is 4.73. The third kappa shape index (κ3) is 3.31. The summed E-state index contributed by atoms with van der Waals surface area (Å²) in [5, 5.41) is 12.8. The van der Waals surface area contributed by atoms with Gasteiger partial charge in [0, 0.05) is 11.6 Å². The van der Waals surface area contributed by atoms with Crippen molar-refractivity contribution in [2.24, 2.45) is 0 Å². The Kier molecular flexibility index (Phi) is 4.28. The molecule has 0 saturated carbocycles. The Hall–Kier alpha value is -2.45. The maximum absolute atomic E-state index is 13.2. The summed E-state index contributed by atoms with van der Waals surface area (Å²) < 4.78 is 14.5. The summed E-state index contributed by atoms with van der Waals surface area (Å²) >= 11 is 0. The van der Waals surface area contributed by atoms with E-state index in [1.807, 2.05) is 0 Å². The van der Waals surface area contributed by atoms with Crippen LogP contribution < -0.4 is 5.56 Å². The fourth-order valence-electron chi connectivity index (χ4n) is 1.76. The van der Waals surface area contributed by atoms with Crippen LogP contribution in [0.2, 0.25) is 0 Å². The van der Waals surface area contributed by atoms with Crippen molar-refractivity contribution in [1.29, 1.82) is 0 Å². The molecule has 0 amide bonds.